The summed E-state index contributed by atoms with van der Waals surface area (Å²) in [6, 6.07) is 9.09. The monoisotopic (exact) mass is 472 g/mol. The molecule has 1 amide bonds. The third-order valence-electron chi connectivity index (χ3n) is 6.74. The highest BCUT2D eigenvalue weighted by Gasteiger charge is 2.28. The molecule has 0 unspecified atom stereocenters. The van der Waals surface area contributed by atoms with Crippen molar-refractivity contribution in [3.8, 4) is 0 Å². The molecule has 0 saturated carbocycles. The number of piperidine rings is 2. The predicted octanol–water partition coefficient (Wildman–Crippen LogP) is 3.79. The number of nitrogens with one attached hydrogen (secondary N) is 1. The van der Waals surface area contributed by atoms with Gasteiger partial charge in [-0.3, -0.25) is 4.79 Å². The number of rotatable bonds is 7. The van der Waals surface area contributed by atoms with Crippen LogP contribution < -0.4 is 10.2 Å². The molecule has 1 N–H and O–H groups in total. The van der Waals surface area contributed by atoms with Gasteiger partial charge in [-0.25, -0.2) is 13.4 Å². The van der Waals surface area contributed by atoms with E-state index in [0.717, 1.165) is 68.3 Å². The lowest BCUT2D eigenvalue weighted by atomic mass is 9.97. The fourth-order valence-corrected chi connectivity index (χ4v) is 6.26. The van der Waals surface area contributed by atoms with Gasteiger partial charge in [-0.2, -0.15) is 4.31 Å². The van der Waals surface area contributed by atoms with Gasteiger partial charge in [-0.15, -0.1) is 0 Å². The van der Waals surface area contributed by atoms with E-state index in [1.165, 1.54) is 0 Å². The number of hydrogen-bond donors (Lipinski definition) is 1. The second kappa shape index (κ2) is 10.4. The van der Waals surface area contributed by atoms with E-state index in [2.05, 4.69) is 24.1 Å². The summed E-state index contributed by atoms with van der Waals surface area (Å²) in [6.07, 6.45) is 5.77. The second-order valence-electron chi connectivity index (χ2n) is 9.75. The first-order chi connectivity index (χ1) is 15.8. The Balaban J connectivity index is 1.46. The van der Waals surface area contributed by atoms with E-state index in [1.54, 1.807) is 22.5 Å². The summed E-state index contributed by atoms with van der Waals surface area (Å²) in [7, 11) is -3.46. The van der Waals surface area contributed by atoms with E-state index in [-0.39, 0.29) is 11.8 Å². The number of pyridine rings is 1. The fourth-order valence-electron chi connectivity index (χ4n) is 4.71. The number of carbonyl (C=O) groups is 1. The Labute approximate surface area is 197 Å². The quantitative estimate of drug-likeness (QED) is 0.663. The summed E-state index contributed by atoms with van der Waals surface area (Å²) in [5.41, 5.74) is 0.772. The summed E-state index contributed by atoms with van der Waals surface area (Å²) >= 11 is 0. The zero-order valence-electron chi connectivity index (χ0n) is 19.8. The molecule has 2 saturated heterocycles. The Bertz CT molecular complexity index is 1080. The van der Waals surface area contributed by atoms with Gasteiger partial charge >= 0.3 is 0 Å². The molecular formula is C25H36N4O3S. The number of aromatic nitrogens is 1. The number of hydrogen-bond acceptors (Lipinski definition) is 5. The van der Waals surface area contributed by atoms with Crippen LogP contribution in [0.1, 0.15) is 52.4 Å². The molecule has 2 fully saturated rings. The minimum absolute atomic E-state index is 0.0273. The molecule has 180 valence electrons. The van der Waals surface area contributed by atoms with E-state index >= 15 is 0 Å². The van der Waals surface area contributed by atoms with Crippen LogP contribution in [-0.2, 0) is 14.8 Å². The number of anilines is 1. The van der Waals surface area contributed by atoms with Gasteiger partial charge in [0, 0.05) is 38.1 Å². The highest BCUT2D eigenvalue weighted by Crippen LogP contribution is 2.27. The summed E-state index contributed by atoms with van der Waals surface area (Å²) in [4.78, 5) is 19.9. The van der Waals surface area contributed by atoms with Crippen molar-refractivity contribution in [1.29, 1.82) is 0 Å². The smallest absolute Gasteiger partial charge is 0.243 e. The number of amides is 1. The topological polar surface area (TPSA) is 82.6 Å². The van der Waals surface area contributed by atoms with Crippen LogP contribution in [0.3, 0.4) is 0 Å². The first-order valence-electron chi connectivity index (χ1n) is 12.3. The molecule has 33 heavy (non-hydrogen) atoms. The zero-order valence-corrected chi connectivity index (χ0v) is 20.6. The maximum absolute atomic E-state index is 13.0. The van der Waals surface area contributed by atoms with Crippen LogP contribution in [0.15, 0.2) is 35.2 Å². The van der Waals surface area contributed by atoms with Crippen molar-refractivity contribution < 1.29 is 13.2 Å². The van der Waals surface area contributed by atoms with Gasteiger partial charge in [-0.05, 0) is 68.4 Å². The Kier molecular flexibility index (Phi) is 7.54. The largest absolute Gasteiger partial charge is 0.356 e. The standard InChI is InChI=1S/C25H36N4O3S/c1-19(2)12-13-26-25(30)21-7-6-14-28(18-21)24-11-8-20-17-22(9-10-23(20)27-24)33(31,32)29-15-4-3-5-16-29/h8-11,17,19,21H,3-7,12-16,18H2,1-2H3,(H,26,30)/t21-/m1/s1. The SMILES string of the molecule is CC(C)CCNC(=O)[C@@H]1CCCN(c2ccc3cc(S(=O)(=O)N4CCCCC4)ccc3n2)C1. The van der Waals surface area contributed by atoms with Crippen molar-refractivity contribution in [3.05, 3.63) is 30.3 Å². The number of benzene rings is 1. The molecule has 8 heteroatoms. The maximum atomic E-state index is 13.0. The van der Waals surface area contributed by atoms with E-state index in [9.17, 15) is 13.2 Å². The van der Waals surface area contributed by atoms with Crippen molar-refractivity contribution in [1.82, 2.24) is 14.6 Å². The van der Waals surface area contributed by atoms with Gasteiger partial charge < -0.3 is 10.2 Å². The van der Waals surface area contributed by atoms with Crippen LogP contribution >= 0.6 is 0 Å². The molecule has 2 aromatic rings. The number of fused-ring (bicyclic) bond motifs is 1. The highest BCUT2D eigenvalue weighted by molar-refractivity contribution is 7.89. The molecule has 0 aliphatic carbocycles. The van der Waals surface area contributed by atoms with Gasteiger partial charge in [0.2, 0.25) is 15.9 Å². The number of carbonyl (C=O) groups excluding carboxylic acids is 1. The molecular weight excluding hydrogens is 436 g/mol. The van der Waals surface area contributed by atoms with Crippen LogP contribution in [0.2, 0.25) is 0 Å². The van der Waals surface area contributed by atoms with Gasteiger partial charge in [0.05, 0.1) is 16.3 Å². The third kappa shape index (κ3) is 5.66. The Hall–Kier alpha value is -2.19. The van der Waals surface area contributed by atoms with Crippen LogP contribution in [0.5, 0.6) is 0 Å². The molecule has 3 heterocycles. The van der Waals surface area contributed by atoms with Crippen molar-refractivity contribution in [2.24, 2.45) is 11.8 Å². The average Bonchev–Trinajstić information content (AvgIpc) is 2.83. The van der Waals surface area contributed by atoms with E-state index in [1.807, 2.05) is 12.1 Å². The molecule has 0 radical (unpaired) electrons. The van der Waals surface area contributed by atoms with Crippen LogP contribution in [0.25, 0.3) is 10.9 Å². The Morgan fingerprint density at radius 3 is 2.64 bits per heavy atom. The Morgan fingerprint density at radius 2 is 1.88 bits per heavy atom. The van der Waals surface area contributed by atoms with Gasteiger partial charge in [0.25, 0.3) is 0 Å². The molecule has 1 aromatic heterocycles. The minimum atomic E-state index is -3.46. The normalized spacial score (nSPS) is 20.3. The first-order valence-corrected chi connectivity index (χ1v) is 13.7. The molecule has 1 aromatic carbocycles. The van der Waals surface area contributed by atoms with Crippen molar-refractivity contribution in [2.75, 3.05) is 37.6 Å². The first kappa shape index (κ1) is 24.0. The highest BCUT2D eigenvalue weighted by atomic mass is 32.2. The maximum Gasteiger partial charge on any atom is 0.243 e. The molecule has 0 spiro atoms. The predicted molar refractivity (Wildman–Crippen MR) is 132 cm³/mol. The summed E-state index contributed by atoms with van der Waals surface area (Å²) in [6.45, 7) is 7.77. The van der Waals surface area contributed by atoms with E-state index in [0.29, 0.717) is 30.4 Å². The van der Waals surface area contributed by atoms with Crippen LogP contribution in [0.4, 0.5) is 5.82 Å². The lowest BCUT2D eigenvalue weighted by Crippen LogP contribution is -2.43. The summed E-state index contributed by atoms with van der Waals surface area (Å²) in [5.74, 6) is 1.52. The van der Waals surface area contributed by atoms with Crippen molar-refractivity contribution in [2.45, 2.75) is 57.3 Å². The lowest BCUT2D eigenvalue weighted by molar-refractivity contribution is -0.125. The second-order valence-corrected chi connectivity index (χ2v) is 11.7. The number of sulfonamides is 1. The summed E-state index contributed by atoms with van der Waals surface area (Å²) < 4.78 is 27.6. The Morgan fingerprint density at radius 1 is 1.09 bits per heavy atom. The lowest BCUT2D eigenvalue weighted by Gasteiger charge is -2.33. The van der Waals surface area contributed by atoms with E-state index in [4.69, 9.17) is 4.98 Å². The number of nitrogens with zero attached hydrogens (tertiary/aromatic N) is 3. The fraction of sp³-hybridized carbons (Fsp3) is 0.600. The van der Waals surface area contributed by atoms with Crippen LogP contribution in [-0.4, -0.2) is 56.3 Å². The van der Waals surface area contributed by atoms with Gasteiger partial charge in [0.15, 0.2) is 0 Å². The summed E-state index contributed by atoms with van der Waals surface area (Å²) in [5, 5.41) is 3.90. The van der Waals surface area contributed by atoms with E-state index < -0.39 is 10.0 Å². The van der Waals surface area contributed by atoms with Gasteiger partial charge in [0.1, 0.15) is 5.82 Å². The third-order valence-corrected chi connectivity index (χ3v) is 8.63. The van der Waals surface area contributed by atoms with Crippen molar-refractivity contribution >= 4 is 32.7 Å². The minimum Gasteiger partial charge on any atom is -0.356 e. The van der Waals surface area contributed by atoms with Gasteiger partial charge in [-0.1, -0.05) is 20.3 Å². The molecule has 2 aliphatic rings. The van der Waals surface area contributed by atoms with Crippen LogP contribution in [0, 0.1) is 11.8 Å². The van der Waals surface area contributed by atoms with Crippen molar-refractivity contribution in [3.63, 3.8) is 0 Å². The molecule has 7 nitrogen and oxygen atoms in total. The molecule has 1 atom stereocenters. The molecule has 2 aliphatic heterocycles. The average molecular weight is 473 g/mol. The molecule has 0 bridgehead atoms. The zero-order chi connectivity index (χ0) is 23.4. The molecule has 4 rings (SSSR count).